The Labute approximate surface area is 161 Å². The number of carbonyl (C=O) groups excluding carboxylic acids is 2. The van der Waals surface area contributed by atoms with Gasteiger partial charge in [-0.15, -0.1) is 11.3 Å². The zero-order chi connectivity index (χ0) is 19.1. The number of hydrogen-bond donors (Lipinski definition) is 2. The van der Waals surface area contributed by atoms with E-state index in [2.05, 4.69) is 34.4 Å². The van der Waals surface area contributed by atoms with Crippen LogP contribution in [-0.4, -0.2) is 34.5 Å². The summed E-state index contributed by atoms with van der Waals surface area (Å²) in [5, 5.41) is 8.15. The van der Waals surface area contributed by atoms with Gasteiger partial charge in [-0.3, -0.25) is 4.79 Å². The second-order valence-electron chi connectivity index (χ2n) is 6.03. The third kappa shape index (κ3) is 5.96. The molecule has 0 bridgehead atoms. The molecule has 2 aromatic heterocycles. The number of thiazole rings is 1. The van der Waals surface area contributed by atoms with Gasteiger partial charge in [0.05, 0.1) is 5.69 Å². The maximum Gasteiger partial charge on any atom is 0.358 e. The van der Waals surface area contributed by atoms with Crippen LogP contribution in [0.5, 0.6) is 0 Å². The number of nitrogens with zero attached hydrogens (tertiary/aromatic N) is 2. The van der Waals surface area contributed by atoms with Gasteiger partial charge in [-0.25, -0.2) is 14.8 Å². The molecule has 0 saturated carbocycles. The summed E-state index contributed by atoms with van der Waals surface area (Å²) in [7, 11) is 0. The highest BCUT2D eigenvalue weighted by Gasteiger charge is 2.21. The Hall–Kier alpha value is -2.19. The fourth-order valence-electron chi connectivity index (χ4n) is 1.90. The highest BCUT2D eigenvalue weighted by molar-refractivity contribution is 7.13. The number of nitrogens with one attached hydrogen (secondary N) is 2. The SMILES string of the molecule is CC(C)CCNc1nc(C(=O)O[C@@H](C)C(=O)Nc2cccnc2Cl)cs1. The number of rotatable bonds is 8. The molecule has 2 aromatic rings. The van der Waals surface area contributed by atoms with Crippen molar-refractivity contribution < 1.29 is 14.3 Å². The third-order valence-electron chi connectivity index (χ3n) is 3.38. The quantitative estimate of drug-likeness (QED) is 0.520. The van der Waals surface area contributed by atoms with Gasteiger partial charge in [-0.1, -0.05) is 25.4 Å². The molecule has 9 heteroatoms. The summed E-state index contributed by atoms with van der Waals surface area (Å²) in [5.74, 6) is -0.573. The molecule has 0 unspecified atom stereocenters. The van der Waals surface area contributed by atoms with Gasteiger partial charge < -0.3 is 15.4 Å². The summed E-state index contributed by atoms with van der Waals surface area (Å²) in [6.07, 6.45) is 1.52. The number of hydrogen-bond acceptors (Lipinski definition) is 7. The van der Waals surface area contributed by atoms with Crippen molar-refractivity contribution in [3.8, 4) is 0 Å². The van der Waals surface area contributed by atoms with E-state index in [9.17, 15) is 9.59 Å². The highest BCUT2D eigenvalue weighted by Crippen LogP contribution is 2.19. The monoisotopic (exact) mass is 396 g/mol. The van der Waals surface area contributed by atoms with E-state index in [1.165, 1.54) is 24.5 Å². The molecule has 2 heterocycles. The number of anilines is 2. The maximum atomic E-state index is 12.2. The number of pyridine rings is 1. The van der Waals surface area contributed by atoms with Crippen molar-refractivity contribution in [1.82, 2.24) is 9.97 Å². The largest absolute Gasteiger partial charge is 0.448 e. The highest BCUT2D eigenvalue weighted by atomic mass is 35.5. The van der Waals surface area contributed by atoms with Gasteiger partial charge in [0, 0.05) is 18.1 Å². The van der Waals surface area contributed by atoms with E-state index in [1.54, 1.807) is 17.5 Å². The predicted molar refractivity (Wildman–Crippen MR) is 103 cm³/mol. The molecule has 0 aliphatic heterocycles. The molecular weight excluding hydrogens is 376 g/mol. The van der Waals surface area contributed by atoms with Crippen LogP contribution < -0.4 is 10.6 Å². The van der Waals surface area contributed by atoms with Gasteiger partial charge in [-0.2, -0.15) is 0 Å². The Morgan fingerprint density at radius 1 is 1.35 bits per heavy atom. The van der Waals surface area contributed by atoms with Crippen molar-refractivity contribution in [3.63, 3.8) is 0 Å². The van der Waals surface area contributed by atoms with Gasteiger partial charge >= 0.3 is 5.97 Å². The van der Waals surface area contributed by atoms with Crippen molar-refractivity contribution >= 4 is 45.6 Å². The number of esters is 1. The van der Waals surface area contributed by atoms with Gasteiger partial charge in [0.25, 0.3) is 5.91 Å². The van der Waals surface area contributed by atoms with Crippen LogP contribution in [-0.2, 0) is 9.53 Å². The lowest BCUT2D eigenvalue weighted by Crippen LogP contribution is -2.30. The van der Waals surface area contributed by atoms with Crippen molar-refractivity contribution in [2.24, 2.45) is 5.92 Å². The summed E-state index contributed by atoms with van der Waals surface area (Å²) in [4.78, 5) is 32.3. The molecule has 0 radical (unpaired) electrons. The number of halogens is 1. The zero-order valence-corrected chi connectivity index (χ0v) is 16.4. The van der Waals surface area contributed by atoms with E-state index in [4.69, 9.17) is 16.3 Å². The Morgan fingerprint density at radius 2 is 2.12 bits per heavy atom. The van der Waals surface area contributed by atoms with E-state index in [0.29, 0.717) is 16.7 Å². The topological polar surface area (TPSA) is 93.2 Å². The fraction of sp³-hybridized carbons (Fsp3) is 0.412. The molecule has 2 N–H and O–H groups in total. The van der Waals surface area contributed by atoms with E-state index in [1.807, 2.05) is 0 Å². The average Bonchev–Trinajstić information content (AvgIpc) is 3.05. The molecule has 1 atom stereocenters. The first-order valence-electron chi connectivity index (χ1n) is 8.18. The maximum absolute atomic E-state index is 12.2. The summed E-state index contributed by atoms with van der Waals surface area (Å²) >= 11 is 7.21. The molecule has 0 aliphatic rings. The van der Waals surface area contributed by atoms with Crippen LogP contribution in [0.4, 0.5) is 10.8 Å². The molecule has 0 spiro atoms. The van der Waals surface area contributed by atoms with Crippen LogP contribution in [0, 0.1) is 5.92 Å². The number of amides is 1. The van der Waals surface area contributed by atoms with Crippen LogP contribution in [0.1, 0.15) is 37.7 Å². The molecule has 0 fully saturated rings. The Morgan fingerprint density at radius 3 is 2.81 bits per heavy atom. The van der Waals surface area contributed by atoms with Crippen LogP contribution in [0.15, 0.2) is 23.7 Å². The summed E-state index contributed by atoms with van der Waals surface area (Å²) in [6, 6.07) is 3.25. The minimum atomic E-state index is -1.00. The van der Waals surface area contributed by atoms with Crippen LogP contribution in [0.2, 0.25) is 5.15 Å². The second-order valence-corrected chi connectivity index (χ2v) is 7.24. The van der Waals surface area contributed by atoms with Crippen molar-refractivity contribution in [1.29, 1.82) is 0 Å². The summed E-state index contributed by atoms with van der Waals surface area (Å²) in [6.45, 7) is 6.53. The standard InChI is InChI=1S/C17H21ClN4O3S/c1-10(2)6-8-20-17-22-13(9-26-17)16(24)25-11(3)15(23)21-12-5-4-7-19-14(12)18/h4-5,7,9-11H,6,8H2,1-3H3,(H,20,22)(H,21,23)/t11-/m0/s1. The van der Waals surface area contributed by atoms with Crippen LogP contribution in [0.3, 0.4) is 0 Å². The Bertz CT molecular complexity index is 766. The first-order chi connectivity index (χ1) is 12.4. The lowest BCUT2D eigenvalue weighted by atomic mass is 10.1. The first-order valence-corrected chi connectivity index (χ1v) is 9.44. The molecule has 1 amide bonds. The Balaban J connectivity index is 1.87. The summed E-state index contributed by atoms with van der Waals surface area (Å²) in [5.41, 5.74) is 0.522. The molecule has 0 aliphatic carbocycles. The normalized spacial score (nSPS) is 11.9. The molecule has 0 saturated heterocycles. The smallest absolute Gasteiger partial charge is 0.358 e. The average molecular weight is 397 g/mol. The lowest BCUT2D eigenvalue weighted by Gasteiger charge is -2.13. The molecule has 7 nitrogen and oxygen atoms in total. The second kappa shape index (κ2) is 9.49. The molecule has 26 heavy (non-hydrogen) atoms. The van der Waals surface area contributed by atoms with Gasteiger partial charge in [-0.05, 0) is 31.4 Å². The van der Waals surface area contributed by atoms with E-state index in [-0.39, 0.29) is 10.8 Å². The molecular formula is C17H21ClN4O3S. The first kappa shape index (κ1) is 20.1. The number of aromatic nitrogens is 2. The summed E-state index contributed by atoms with van der Waals surface area (Å²) < 4.78 is 5.17. The minimum Gasteiger partial charge on any atom is -0.448 e. The minimum absolute atomic E-state index is 0.163. The van der Waals surface area contributed by atoms with Crippen LogP contribution >= 0.6 is 22.9 Å². The third-order valence-corrected chi connectivity index (χ3v) is 4.48. The van der Waals surface area contributed by atoms with Gasteiger partial charge in [0.15, 0.2) is 22.1 Å². The number of carbonyl (C=O) groups is 2. The van der Waals surface area contributed by atoms with Crippen LogP contribution in [0.25, 0.3) is 0 Å². The Kier molecular flexibility index (Phi) is 7.35. The number of ether oxygens (including phenoxy) is 1. The zero-order valence-electron chi connectivity index (χ0n) is 14.8. The van der Waals surface area contributed by atoms with E-state index >= 15 is 0 Å². The molecule has 140 valence electrons. The lowest BCUT2D eigenvalue weighted by molar-refractivity contribution is -0.123. The van der Waals surface area contributed by atoms with Crippen molar-refractivity contribution in [2.75, 3.05) is 17.2 Å². The van der Waals surface area contributed by atoms with E-state index in [0.717, 1.165) is 13.0 Å². The molecule has 0 aromatic carbocycles. The predicted octanol–water partition coefficient (Wildman–Crippen LogP) is 3.83. The van der Waals surface area contributed by atoms with Crippen molar-refractivity contribution in [2.45, 2.75) is 33.3 Å². The van der Waals surface area contributed by atoms with Gasteiger partial charge in [0.2, 0.25) is 0 Å². The fourth-order valence-corrected chi connectivity index (χ4v) is 2.78. The van der Waals surface area contributed by atoms with Crippen molar-refractivity contribution in [3.05, 3.63) is 34.6 Å². The van der Waals surface area contributed by atoms with Gasteiger partial charge in [0.1, 0.15) is 0 Å². The molecule has 2 rings (SSSR count). The van der Waals surface area contributed by atoms with E-state index < -0.39 is 18.0 Å².